The van der Waals surface area contributed by atoms with Crippen LogP contribution >= 0.6 is 0 Å². The number of aliphatic hydroxyl groups is 1. The molecule has 0 spiro atoms. The van der Waals surface area contributed by atoms with E-state index in [0.717, 1.165) is 0 Å². The van der Waals surface area contributed by atoms with Crippen molar-refractivity contribution in [3.05, 3.63) is 17.5 Å². The number of aromatic nitrogens is 1. The Morgan fingerprint density at radius 1 is 1.73 bits per heavy atom. The molecule has 1 N–H and O–H groups in total. The van der Waals surface area contributed by atoms with Crippen molar-refractivity contribution in [1.29, 1.82) is 0 Å². The third-order valence-corrected chi connectivity index (χ3v) is 2.76. The van der Waals surface area contributed by atoms with Crippen LogP contribution in [0.4, 0.5) is 0 Å². The van der Waals surface area contributed by atoms with Gasteiger partial charge in [-0.05, 0) is 13.3 Å². The van der Waals surface area contributed by atoms with E-state index in [1.54, 1.807) is 17.9 Å². The lowest BCUT2D eigenvalue weighted by atomic mass is 9.91. The third-order valence-electron chi connectivity index (χ3n) is 2.76. The van der Waals surface area contributed by atoms with Crippen molar-refractivity contribution in [3.63, 3.8) is 0 Å². The van der Waals surface area contributed by atoms with Crippen LogP contribution in [0, 0.1) is 6.92 Å². The maximum atomic E-state index is 11.7. The second-order valence-corrected chi connectivity index (χ2v) is 4.06. The molecule has 15 heavy (non-hydrogen) atoms. The van der Waals surface area contributed by atoms with Crippen LogP contribution in [0.2, 0.25) is 0 Å². The number of amides is 1. The van der Waals surface area contributed by atoms with Crippen LogP contribution in [0.25, 0.3) is 0 Å². The first-order valence-corrected chi connectivity index (χ1v) is 4.99. The van der Waals surface area contributed by atoms with Crippen LogP contribution in [0.1, 0.15) is 29.6 Å². The first kappa shape index (κ1) is 10.2. The summed E-state index contributed by atoms with van der Waals surface area (Å²) >= 11 is 0. The zero-order chi connectivity index (χ0) is 11.1. The van der Waals surface area contributed by atoms with Gasteiger partial charge in [0.2, 0.25) is 0 Å². The number of hydrogen-bond acceptors (Lipinski definition) is 4. The summed E-state index contributed by atoms with van der Waals surface area (Å²) in [4.78, 5) is 13.3. The molecule has 1 aromatic rings. The maximum Gasteiger partial charge on any atom is 0.276 e. The first-order valence-electron chi connectivity index (χ1n) is 4.99. The average molecular weight is 210 g/mol. The van der Waals surface area contributed by atoms with Crippen molar-refractivity contribution in [2.45, 2.75) is 25.9 Å². The van der Waals surface area contributed by atoms with Gasteiger partial charge < -0.3 is 14.5 Å². The smallest absolute Gasteiger partial charge is 0.276 e. The molecule has 0 bridgehead atoms. The number of likely N-dealkylation sites (tertiary alicyclic amines) is 1. The van der Waals surface area contributed by atoms with Gasteiger partial charge in [0.25, 0.3) is 5.91 Å². The van der Waals surface area contributed by atoms with Crippen LogP contribution in [0.15, 0.2) is 10.6 Å². The van der Waals surface area contributed by atoms with E-state index in [-0.39, 0.29) is 5.91 Å². The lowest BCUT2D eigenvalue weighted by Crippen LogP contribution is -2.63. The Kier molecular flexibility index (Phi) is 2.26. The number of aryl methyl sites for hydroxylation is 1. The number of β-amino-alcohol motifs (C(OH)–C–C–N with tert-alkyl or cyclic N) is 1. The van der Waals surface area contributed by atoms with E-state index >= 15 is 0 Å². The molecule has 2 heterocycles. The predicted molar refractivity (Wildman–Crippen MR) is 52.4 cm³/mol. The van der Waals surface area contributed by atoms with Crippen LogP contribution in [-0.2, 0) is 0 Å². The predicted octanol–water partition coefficient (Wildman–Crippen LogP) is 0.580. The zero-order valence-electron chi connectivity index (χ0n) is 8.86. The highest BCUT2D eigenvalue weighted by Gasteiger charge is 2.42. The highest BCUT2D eigenvalue weighted by Crippen LogP contribution is 2.25. The van der Waals surface area contributed by atoms with Gasteiger partial charge in [-0.3, -0.25) is 4.79 Å². The monoisotopic (exact) mass is 210 g/mol. The van der Waals surface area contributed by atoms with E-state index in [1.165, 1.54) is 0 Å². The number of nitrogens with zero attached hydrogens (tertiary/aromatic N) is 2. The van der Waals surface area contributed by atoms with Gasteiger partial charge in [0, 0.05) is 6.07 Å². The van der Waals surface area contributed by atoms with E-state index in [0.29, 0.717) is 31.0 Å². The summed E-state index contributed by atoms with van der Waals surface area (Å²) in [7, 11) is 0. The zero-order valence-corrected chi connectivity index (χ0v) is 8.86. The van der Waals surface area contributed by atoms with Crippen molar-refractivity contribution >= 4 is 5.91 Å². The molecular weight excluding hydrogens is 196 g/mol. The Morgan fingerprint density at radius 3 is 2.87 bits per heavy atom. The third kappa shape index (κ3) is 1.74. The summed E-state index contributed by atoms with van der Waals surface area (Å²) in [5.74, 6) is 0.439. The normalized spacial score (nSPS) is 18.7. The van der Waals surface area contributed by atoms with Gasteiger partial charge in [0.15, 0.2) is 5.69 Å². The van der Waals surface area contributed by atoms with Crippen molar-refractivity contribution in [1.82, 2.24) is 10.1 Å². The Morgan fingerprint density at radius 2 is 2.40 bits per heavy atom. The average Bonchev–Trinajstić information content (AvgIpc) is 2.59. The van der Waals surface area contributed by atoms with Gasteiger partial charge in [-0.15, -0.1) is 0 Å². The molecule has 1 amide bonds. The molecule has 0 saturated carbocycles. The van der Waals surface area contributed by atoms with E-state index < -0.39 is 5.60 Å². The van der Waals surface area contributed by atoms with Crippen molar-refractivity contribution in [3.8, 4) is 0 Å². The van der Waals surface area contributed by atoms with Crippen molar-refractivity contribution in [2.75, 3.05) is 13.1 Å². The molecule has 0 radical (unpaired) electrons. The van der Waals surface area contributed by atoms with Gasteiger partial charge in [0.1, 0.15) is 5.76 Å². The molecular formula is C10H14N2O3. The molecule has 1 fully saturated rings. The first-order chi connectivity index (χ1) is 7.04. The number of carbonyl (C=O) groups is 1. The molecule has 82 valence electrons. The van der Waals surface area contributed by atoms with Gasteiger partial charge in [0.05, 0.1) is 18.7 Å². The SMILES string of the molecule is CCC1(O)CN(C(=O)c2cc(C)on2)C1. The Labute approximate surface area is 87.7 Å². The Hall–Kier alpha value is -1.36. The second kappa shape index (κ2) is 3.34. The minimum Gasteiger partial charge on any atom is -0.386 e. The van der Waals surface area contributed by atoms with E-state index in [4.69, 9.17) is 4.52 Å². The van der Waals surface area contributed by atoms with Gasteiger partial charge in [-0.25, -0.2) is 0 Å². The lowest BCUT2D eigenvalue weighted by molar-refractivity contribution is -0.0829. The fourth-order valence-electron chi connectivity index (χ4n) is 1.66. The molecule has 1 saturated heterocycles. The van der Waals surface area contributed by atoms with Crippen LogP contribution in [-0.4, -0.2) is 39.8 Å². The number of hydrogen-bond donors (Lipinski definition) is 1. The van der Waals surface area contributed by atoms with Gasteiger partial charge in [-0.1, -0.05) is 12.1 Å². The molecule has 5 nitrogen and oxygen atoms in total. The summed E-state index contributed by atoms with van der Waals surface area (Å²) < 4.78 is 4.82. The molecule has 0 unspecified atom stereocenters. The molecule has 1 aromatic heterocycles. The minimum absolute atomic E-state index is 0.176. The fourth-order valence-corrected chi connectivity index (χ4v) is 1.66. The largest absolute Gasteiger partial charge is 0.386 e. The van der Waals surface area contributed by atoms with Crippen LogP contribution < -0.4 is 0 Å². The van der Waals surface area contributed by atoms with Crippen LogP contribution in [0.3, 0.4) is 0 Å². The van der Waals surface area contributed by atoms with Crippen molar-refractivity contribution < 1.29 is 14.4 Å². The van der Waals surface area contributed by atoms with Gasteiger partial charge in [-0.2, -0.15) is 0 Å². The molecule has 2 rings (SSSR count). The second-order valence-electron chi connectivity index (χ2n) is 4.06. The van der Waals surface area contributed by atoms with E-state index in [2.05, 4.69) is 5.16 Å². The molecule has 1 aliphatic rings. The highest BCUT2D eigenvalue weighted by molar-refractivity contribution is 5.93. The summed E-state index contributed by atoms with van der Waals surface area (Å²) in [5, 5.41) is 13.4. The topological polar surface area (TPSA) is 66.6 Å². The minimum atomic E-state index is -0.700. The number of rotatable bonds is 2. The van der Waals surface area contributed by atoms with Crippen molar-refractivity contribution in [2.24, 2.45) is 0 Å². The Balaban J connectivity index is 2.00. The fraction of sp³-hybridized carbons (Fsp3) is 0.600. The number of carbonyl (C=O) groups excluding carboxylic acids is 1. The molecule has 0 aromatic carbocycles. The van der Waals surface area contributed by atoms with E-state index in [1.807, 2.05) is 6.92 Å². The summed E-state index contributed by atoms with van der Waals surface area (Å²) in [6.07, 6.45) is 0.661. The Bertz CT molecular complexity index is 380. The molecule has 5 heteroatoms. The maximum absolute atomic E-state index is 11.7. The summed E-state index contributed by atoms with van der Waals surface area (Å²) in [5.41, 5.74) is -0.389. The quantitative estimate of drug-likeness (QED) is 0.775. The van der Waals surface area contributed by atoms with E-state index in [9.17, 15) is 9.90 Å². The summed E-state index contributed by atoms with van der Waals surface area (Å²) in [6, 6.07) is 1.60. The van der Waals surface area contributed by atoms with Gasteiger partial charge >= 0.3 is 0 Å². The molecule has 0 aliphatic carbocycles. The molecule has 0 atom stereocenters. The van der Waals surface area contributed by atoms with Crippen LogP contribution in [0.5, 0.6) is 0 Å². The standard InChI is InChI=1S/C10H14N2O3/c1-3-10(14)5-12(6-10)9(13)8-4-7(2)15-11-8/h4,14H,3,5-6H2,1-2H3. The lowest BCUT2D eigenvalue weighted by Gasteiger charge is -2.45. The molecule has 1 aliphatic heterocycles. The highest BCUT2D eigenvalue weighted by atomic mass is 16.5. The summed E-state index contributed by atoms with van der Waals surface area (Å²) in [6.45, 7) is 4.41.